The zero-order chi connectivity index (χ0) is 16.3. The highest BCUT2D eigenvalue weighted by molar-refractivity contribution is 7.17. The lowest BCUT2D eigenvalue weighted by atomic mass is 9.83. The first-order chi connectivity index (χ1) is 11.6. The maximum absolute atomic E-state index is 6.42. The number of hydrogen-bond acceptors (Lipinski definition) is 3. The molecule has 2 heterocycles. The van der Waals surface area contributed by atoms with Gasteiger partial charge in [-0.25, -0.2) is 0 Å². The second-order valence-electron chi connectivity index (χ2n) is 7.54. The number of nitrogens with two attached hydrogens (primary N) is 1. The molecule has 24 heavy (non-hydrogen) atoms. The molecule has 1 atom stereocenters. The van der Waals surface area contributed by atoms with E-state index < -0.39 is 0 Å². The smallest absolute Gasteiger partial charge is 0.0411 e. The van der Waals surface area contributed by atoms with Crippen molar-refractivity contribution >= 4 is 21.4 Å². The van der Waals surface area contributed by atoms with Gasteiger partial charge in [0.15, 0.2) is 0 Å². The average molecular weight is 334 g/mol. The molecule has 0 radical (unpaired) electrons. The van der Waals surface area contributed by atoms with Gasteiger partial charge in [-0.05, 0) is 65.0 Å². The monoisotopic (exact) mass is 334 g/mol. The summed E-state index contributed by atoms with van der Waals surface area (Å²) in [5.74, 6) is 0.451. The Labute approximate surface area is 146 Å². The van der Waals surface area contributed by atoms with Gasteiger partial charge in [0.2, 0.25) is 0 Å². The summed E-state index contributed by atoms with van der Waals surface area (Å²) in [5.41, 5.74) is 12.1. The summed E-state index contributed by atoms with van der Waals surface area (Å²) in [6.45, 7) is 2.11. The van der Waals surface area contributed by atoms with Crippen LogP contribution in [-0.4, -0.2) is 18.5 Å². The van der Waals surface area contributed by atoms with Crippen molar-refractivity contribution in [2.24, 2.45) is 5.73 Å². The minimum Gasteiger partial charge on any atom is -0.321 e. The molecular weight excluding hydrogens is 312 g/mol. The molecule has 1 aliphatic carbocycles. The zero-order valence-electron chi connectivity index (χ0n) is 14.0. The van der Waals surface area contributed by atoms with Crippen molar-refractivity contribution in [3.05, 3.63) is 70.1 Å². The molecule has 2 nitrogen and oxygen atoms in total. The molecule has 3 aromatic rings. The van der Waals surface area contributed by atoms with Gasteiger partial charge in [-0.15, -0.1) is 11.3 Å². The number of hydrogen-bond donors (Lipinski definition) is 1. The van der Waals surface area contributed by atoms with E-state index in [-0.39, 0.29) is 5.54 Å². The normalized spacial score (nSPS) is 22.5. The van der Waals surface area contributed by atoms with Crippen molar-refractivity contribution in [3.63, 3.8) is 0 Å². The van der Waals surface area contributed by atoms with E-state index in [0.717, 1.165) is 25.9 Å². The molecule has 0 amide bonds. The van der Waals surface area contributed by atoms with Crippen LogP contribution in [0.5, 0.6) is 0 Å². The summed E-state index contributed by atoms with van der Waals surface area (Å²) in [5, 5.41) is 3.53. The molecule has 2 N–H and O–H groups in total. The Bertz CT molecular complexity index is 922. The SMILES string of the molecule is CN1Cc2cc(C3(N)CC3)ccc2C(c2ccc3ccsc3c2)C1. The van der Waals surface area contributed by atoms with Crippen LogP contribution in [0.25, 0.3) is 10.1 Å². The molecule has 0 saturated heterocycles. The number of fused-ring (bicyclic) bond motifs is 2. The van der Waals surface area contributed by atoms with E-state index in [0.29, 0.717) is 5.92 Å². The third kappa shape index (κ3) is 2.31. The maximum Gasteiger partial charge on any atom is 0.0411 e. The number of benzene rings is 2. The van der Waals surface area contributed by atoms with Crippen LogP contribution in [0.3, 0.4) is 0 Å². The molecule has 122 valence electrons. The van der Waals surface area contributed by atoms with Crippen molar-refractivity contribution in [1.29, 1.82) is 0 Å². The molecule has 1 aliphatic heterocycles. The van der Waals surface area contributed by atoms with Crippen molar-refractivity contribution in [3.8, 4) is 0 Å². The Morgan fingerprint density at radius 1 is 1.12 bits per heavy atom. The standard InChI is InChI=1S/C21H22N2S/c1-23-12-16-10-17(21(22)7-8-21)4-5-18(16)19(13-23)15-3-2-14-6-9-24-20(14)11-15/h2-6,9-11,19H,7-8,12-13,22H2,1H3. The summed E-state index contributed by atoms with van der Waals surface area (Å²) in [7, 11) is 2.22. The van der Waals surface area contributed by atoms with Gasteiger partial charge < -0.3 is 10.6 Å². The molecular formula is C21H22N2S. The molecule has 1 aromatic heterocycles. The highest BCUT2D eigenvalue weighted by atomic mass is 32.1. The summed E-state index contributed by atoms with van der Waals surface area (Å²) in [6, 6.07) is 16.1. The van der Waals surface area contributed by atoms with Gasteiger partial charge in [0.25, 0.3) is 0 Å². The Morgan fingerprint density at radius 2 is 2.00 bits per heavy atom. The van der Waals surface area contributed by atoms with Gasteiger partial charge in [0, 0.05) is 29.2 Å². The first-order valence-corrected chi connectivity index (χ1v) is 9.58. The van der Waals surface area contributed by atoms with Gasteiger partial charge >= 0.3 is 0 Å². The van der Waals surface area contributed by atoms with Crippen LogP contribution >= 0.6 is 11.3 Å². The van der Waals surface area contributed by atoms with E-state index in [9.17, 15) is 0 Å². The second-order valence-corrected chi connectivity index (χ2v) is 8.48. The van der Waals surface area contributed by atoms with Crippen LogP contribution in [0.1, 0.15) is 41.0 Å². The quantitative estimate of drug-likeness (QED) is 0.751. The highest BCUT2D eigenvalue weighted by Gasteiger charge is 2.40. The molecule has 1 fully saturated rings. The second kappa shape index (κ2) is 5.16. The molecule has 2 aromatic carbocycles. The molecule has 1 saturated carbocycles. The minimum atomic E-state index is -0.0452. The van der Waals surface area contributed by atoms with Gasteiger partial charge in [0.1, 0.15) is 0 Å². The summed E-state index contributed by atoms with van der Waals surface area (Å²) in [6.07, 6.45) is 2.25. The summed E-state index contributed by atoms with van der Waals surface area (Å²) >= 11 is 1.83. The van der Waals surface area contributed by atoms with E-state index >= 15 is 0 Å². The van der Waals surface area contributed by atoms with Crippen LogP contribution in [-0.2, 0) is 12.1 Å². The topological polar surface area (TPSA) is 29.3 Å². The lowest BCUT2D eigenvalue weighted by Crippen LogP contribution is -2.31. The number of likely N-dealkylation sites (N-methyl/N-ethyl adjacent to an activating group) is 1. The van der Waals surface area contributed by atoms with Crippen LogP contribution in [0.15, 0.2) is 47.8 Å². The first-order valence-electron chi connectivity index (χ1n) is 8.70. The number of nitrogens with zero attached hydrogens (tertiary/aromatic N) is 1. The maximum atomic E-state index is 6.42. The molecule has 5 rings (SSSR count). The number of thiophene rings is 1. The van der Waals surface area contributed by atoms with Crippen LogP contribution in [0.4, 0.5) is 0 Å². The molecule has 2 aliphatic rings. The lowest BCUT2D eigenvalue weighted by molar-refractivity contribution is 0.295. The Balaban J connectivity index is 1.60. The highest BCUT2D eigenvalue weighted by Crippen LogP contribution is 2.44. The predicted molar refractivity (Wildman–Crippen MR) is 102 cm³/mol. The van der Waals surface area contributed by atoms with Crippen molar-refractivity contribution in [2.45, 2.75) is 30.8 Å². The van der Waals surface area contributed by atoms with E-state index in [1.54, 1.807) is 0 Å². The third-order valence-electron chi connectivity index (χ3n) is 5.70. The summed E-state index contributed by atoms with van der Waals surface area (Å²) in [4.78, 5) is 2.44. The molecule has 3 heteroatoms. The Kier molecular flexibility index (Phi) is 3.15. The van der Waals surface area contributed by atoms with Crippen LogP contribution in [0, 0.1) is 0 Å². The largest absolute Gasteiger partial charge is 0.321 e. The fourth-order valence-corrected chi connectivity index (χ4v) is 4.89. The van der Waals surface area contributed by atoms with E-state index in [1.807, 2.05) is 11.3 Å². The van der Waals surface area contributed by atoms with Gasteiger partial charge in [-0.1, -0.05) is 30.3 Å². The molecule has 1 unspecified atom stereocenters. The Morgan fingerprint density at radius 3 is 2.83 bits per heavy atom. The average Bonchev–Trinajstić information content (AvgIpc) is 3.17. The lowest BCUT2D eigenvalue weighted by Gasteiger charge is -2.33. The van der Waals surface area contributed by atoms with Crippen molar-refractivity contribution < 1.29 is 0 Å². The van der Waals surface area contributed by atoms with Crippen molar-refractivity contribution in [1.82, 2.24) is 4.90 Å². The first kappa shape index (κ1) is 14.6. The number of rotatable bonds is 2. The predicted octanol–water partition coefficient (Wildman–Crippen LogP) is 4.43. The van der Waals surface area contributed by atoms with E-state index in [1.165, 1.54) is 32.3 Å². The van der Waals surface area contributed by atoms with Crippen LogP contribution in [0.2, 0.25) is 0 Å². The van der Waals surface area contributed by atoms with Gasteiger partial charge in [-0.3, -0.25) is 0 Å². The zero-order valence-corrected chi connectivity index (χ0v) is 14.8. The van der Waals surface area contributed by atoms with E-state index in [2.05, 4.69) is 59.8 Å². The Hall–Kier alpha value is -1.68. The minimum absolute atomic E-state index is 0.0452. The molecule has 0 bridgehead atoms. The van der Waals surface area contributed by atoms with Crippen LogP contribution < -0.4 is 5.73 Å². The van der Waals surface area contributed by atoms with Crippen molar-refractivity contribution in [2.75, 3.05) is 13.6 Å². The van der Waals surface area contributed by atoms with Gasteiger partial charge in [0.05, 0.1) is 0 Å². The van der Waals surface area contributed by atoms with Gasteiger partial charge in [-0.2, -0.15) is 0 Å². The molecule has 0 spiro atoms. The van der Waals surface area contributed by atoms with E-state index in [4.69, 9.17) is 5.73 Å². The third-order valence-corrected chi connectivity index (χ3v) is 6.58. The summed E-state index contributed by atoms with van der Waals surface area (Å²) < 4.78 is 1.39. The fourth-order valence-electron chi connectivity index (χ4n) is 4.05. The fraction of sp³-hybridized carbons (Fsp3) is 0.333.